The molecule has 2 N–H and O–H groups in total. The highest BCUT2D eigenvalue weighted by Gasteiger charge is 2.25. The van der Waals surface area contributed by atoms with E-state index in [0.717, 1.165) is 6.07 Å². The van der Waals surface area contributed by atoms with Gasteiger partial charge in [-0.25, -0.2) is 12.8 Å². The van der Waals surface area contributed by atoms with Gasteiger partial charge in [0.1, 0.15) is 16.5 Å². The maximum absolute atomic E-state index is 13.2. The molecule has 2 aromatic carbocycles. The molecule has 2 rings (SSSR count). The van der Waals surface area contributed by atoms with Crippen molar-refractivity contribution in [2.24, 2.45) is 0 Å². The SMILES string of the molecule is CCOc1ccc(Cl)cc1S(=O)(=O)NC(C)C(=O)Nc1ccc(F)c(Cl)c1. The van der Waals surface area contributed by atoms with Crippen molar-refractivity contribution in [3.05, 3.63) is 52.3 Å². The second-order valence-corrected chi connectivity index (χ2v) is 8.01. The third-order valence-electron chi connectivity index (χ3n) is 3.41. The first-order chi connectivity index (χ1) is 12.6. The van der Waals surface area contributed by atoms with Gasteiger partial charge >= 0.3 is 0 Å². The number of hydrogen-bond acceptors (Lipinski definition) is 4. The normalized spacial score (nSPS) is 12.5. The number of anilines is 1. The van der Waals surface area contributed by atoms with Gasteiger partial charge in [-0.1, -0.05) is 23.2 Å². The Morgan fingerprint density at radius 3 is 2.56 bits per heavy atom. The van der Waals surface area contributed by atoms with Crippen LogP contribution in [0.1, 0.15) is 13.8 Å². The van der Waals surface area contributed by atoms with Crippen LogP contribution in [0.2, 0.25) is 10.0 Å². The zero-order valence-electron chi connectivity index (χ0n) is 14.4. The van der Waals surface area contributed by atoms with Gasteiger partial charge in [0.2, 0.25) is 15.9 Å². The van der Waals surface area contributed by atoms with Gasteiger partial charge in [0.25, 0.3) is 0 Å². The number of rotatable bonds is 7. The third-order valence-corrected chi connectivity index (χ3v) is 5.49. The van der Waals surface area contributed by atoms with Crippen LogP contribution in [0.15, 0.2) is 41.3 Å². The number of hydrogen-bond donors (Lipinski definition) is 2. The van der Waals surface area contributed by atoms with Crippen molar-refractivity contribution >= 4 is 44.8 Å². The minimum atomic E-state index is -4.09. The molecule has 146 valence electrons. The van der Waals surface area contributed by atoms with Crippen LogP contribution in [0.4, 0.5) is 10.1 Å². The molecule has 1 amide bonds. The van der Waals surface area contributed by atoms with Crippen LogP contribution >= 0.6 is 23.2 Å². The minimum absolute atomic E-state index is 0.118. The molecule has 0 spiro atoms. The quantitative estimate of drug-likeness (QED) is 0.693. The first kappa shape index (κ1) is 21.4. The molecule has 0 saturated heterocycles. The Kier molecular flexibility index (Phi) is 7.05. The summed E-state index contributed by atoms with van der Waals surface area (Å²) in [5.74, 6) is -1.17. The zero-order chi connectivity index (χ0) is 20.2. The number of carbonyl (C=O) groups excluding carboxylic acids is 1. The van der Waals surface area contributed by atoms with Gasteiger partial charge in [-0.05, 0) is 50.2 Å². The summed E-state index contributed by atoms with van der Waals surface area (Å²) in [4.78, 5) is 12.1. The van der Waals surface area contributed by atoms with Crippen LogP contribution in [0.3, 0.4) is 0 Å². The molecule has 6 nitrogen and oxygen atoms in total. The summed E-state index contributed by atoms with van der Waals surface area (Å²) in [5.41, 5.74) is 0.232. The van der Waals surface area contributed by atoms with Crippen LogP contribution < -0.4 is 14.8 Å². The first-order valence-corrected chi connectivity index (χ1v) is 10.1. The molecule has 0 radical (unpaired) electrons. The van der Waals surface area contributed by atoms with Gasteiger partial charge in [0, 0.05) is 10.7 Å². The van der Waals surface area contributed by atoms with Gasteiger partial charge in [-0.15, -0.1) is 0 Å². The van der Waals surface area contributed by atoms with E-state index in [1.54, 1.807) is 6.92 Å². The molecule has 0 aliphatic rings. The summed E-state index contributed by atoms with van der Waals surface area (Å²) >= 11 is 11.5. The average Bonchev–Trinajstić information content (AvgIpc) is 2.59. The van der Waals surface area contributed by atoms with E-state index in [2.05, 4.69) is 10.0 Å². The van der Waals surface area contributed by atoms with Crippen molar-refractivity contribution < 1.29 is 22.3 Å². The lowest BCUT2D eigenvalue weighted by Gasteiger charge is -2.16. The molecule has 1 atom stereocenters. The van der Waals surface area contributed by atoms with Crippen molar-refractivity contribution in [2.45, 2.75) is 24.8 Å². The monoisotopic (exact) mass is 434 g/mol. The van der Waals surface area contributed by atoms with E-state index in [9.17, 15) is 17.6 Å². The molecule has 0 saturated carbocycles. The summed E-state index contributed by atoms with van der Waals surface area (Å²) in [6.45, 7) is 3.33. The highest BCUT2D eigenvalue weighted by atomic mass is 35.5. The molecule has 0 heterocycles. The van der Waals surface area contributed by atoms with E-state index in [0.29, 0.717) is 0 Å². The van der Waals surface area contributed by atoms with Crippen molar-refractivity contribution in [3.63, 3.8) is 0 Å². The molecule has 0 fully saturated rings. The second kappa shape index (κ2) is 8.88. The van der Waals surface area contributed by atoms with Crippen LogP contribution in [-0.2, 0) is 14.8 Å². The zero-order valence-corrected chi connectivity index (χ0v) is 16.8. The number of ether oxygens (including phenoxy) is 1. The maximum Gasteiger partial charge on any atom is 0.245 e. The Morgan fingerprint density at radius 1 is 1.22 bits per heavy atom. The second-order valence-electron chi connectivity index (χ2n) is 5.49. The van der Waals surface area contributed by atoms with Crippen molar-refractivity contribution in [1.82, 2.24) is 4.72 Å². The fraction of sp³-hybridized carbons (Fsp3) is 0.235. The number of benzene rings is 2. The number of carbonyl (C=O) groups is 1. The standard InChI is InChI=1S/C17H17Cl2FN2O4S/c1-3-26-15-7-4-11(18)8-16(15)27(24,25)22-10(2)17(23)21-12-5-6-14(20)13(19)9-12/h4-10,22H,3H2,1-2H3,(H,21,23). The lowest BCUT2D eigenvalue weighted by molar-refractivity contribution is -0.117. The topological polar surface area (TPSA) is 84.5 Å². The van der Waals surface area contributed by atoms with Gasteiger partial charge < -0.3 is 10.1 Å². The summed E-state index contributed by atoms with van der Waals surface area (Å²) in [6.07, 6.45) is 0. The maximum atomic E-state index is 13.2. The molecule has 0 bridgehead atoms. The Hall–Kier alpha value is -1.87. The van der Waals surface area contributed by atoms with Crippen LogP contribution in [-0.4, -0.2) is 27.0 Å². The number of sulfonamides is 1. The van der Waals surface area contributed by atoms with Crippen molar-refractivity contribution in [1.29, 1.82) is 0 Å². The Bertz CT molecular complexity index is 954. The van der Waals surface area contributed by atoms with Gasteiger partial charge in [-0.2, -0.15) is 4.72 Å². The van der Waals surface area contributed by atoms with Gasteiger partial charge in [-0.3, -0.25) is 4.79 Å². The highest BCUT2D eigenvalue weighted by Crippen LogP contribution is 2.27. The number of halogens is 3. The lowest BCUT2D eigenvalue weighted by Crippen LogP contribution is -2.41. The van der Waals surface area contributed by atoms with E-state index in [-0.39, 0.29) is 33.0 Å². The molecule has 0 aromatic heterocycles. The van der Waals surface area contributed by atoms with Crippen LogP contribution in [0.5, 0.6) is 5.75 Å². The van der Waals surface area contributed by atoms with Crippen molar-refractivity contribution in [3.8, 4) is 5.75 Å². The molecule has 10 heteroatoms. The highest BCUT2D eigenvalue weighted by molar-refractivity contribution is 7.89. The van der Waals surface area contributed by atoms with Crippen LogP contribution in [0.25, 0.3) is 0 Å². The molecule has 0 aliphatic heterocycles. The van der Waals surface area contributed by atoms with E-state index in [1.165, 1.54) is 37.3 Å². The number of nitrogens with one attached hydrogen (secondary N) is 2. The fourth-order valence-corrected chi connectivity index (χ4v) is 3.93. The largest absolute Gasteiger partial charge is 0.492 e. The molecule has 27 heavy (non-hydrogen) atoms. The van der Waals surface area contributed by atoms with E-state index in [1.807, 2.05) is 0 Å². The van der Waals surface area contributed by atoms with Crippen LogP contribution in [0, 0.1) is 5.82 Å². The van der Waals surface area contributed by atoms with E-state index in [4.69, 9.17) is 27.9 Å². The smallest absolute Gasteiger partial charge is 0.245 e. The molecular weight excluding hydrogens is 418 g/mol. The predicted octanol–water partition coefficient (Wildman–Crippen LogP) is 3.84. The Labute approximate surface area is 166 Å². The Morgan fingerprint density at radius 2 is 1.93 bits per heavy atom. The average molecular weight is 435 g/mol. The van der Waals surface area contributed by atoms with Gasteiger partial charge in [0.05, 0.1) is 17.7 Å². The Balaban J connectivity index is 2.18. The first-order valence-electron chi connectivity index (χ1n) is 7.84. The summed E-state index contributed by atoms with van der Waals surface area (Å²) < 4.78 is 46.0. The van der Waals surface area contributed by atoms with Gasteiger partial charge in [0.15, 0.2) is 0 Å². The predicted molar refractivity (Wildman–Crippen MR) is 102 cm³/mol. The molecule has 2 aromatic rings. The summed E-state index contributed by atoms with van der Waals surface area (Å²) in [7, 11) is -4.09. The lowest BCUT2D eigenvalue weighted by atomic mass is 10.3. The van der Waals surface area contributed by atoms with Crippen molar-refractivity contribution in [2.75, 3.05) is 11.9 Å². The van der Waals surface area contributed by atoms with E-state index >= 15 is 0 Å². The molecule has 1 unspecified atom stereocenters. The van der Waals surface area contributed by atoms with E-state index < -0.39 is 27.8 Å². The summed E-state index contributed by atoms with van der Waals surface area (Å²) in [6, 6.07) is 6.66. The fourth-order valence-electron chi connectivity index (χ4n) is 2.14. The molecule has 0 aliphatic carbocycles. The molecular formula is C17H17Cl2FN2O4S. The summed E-state index contributed by atoms with van der Waals surface area (Å²) in [5, 5.41) is 2.50. The third kappa shape index (κ3) is 5.55. The minimum Gasteiger partial charge on any atom is -0.492 e. The number of amides is 1.